The van der Waals surface area contributed by atoms with E-state index in [0.29, 0.717) is 18.7 Å². The third-order valence-corrected chi connectivity index (χ3v) is 5.92. The van der Waals surface area contributed by atoms with Crippen LogP contribution in [0.4, 0.5) is 4.39 Å². The van der Waals surface area contributed by atoms with E-state index in [4.69, 9.17) is 14.2 Å². The molecule has 7 nitrogen and oxygen atoms in total. The van der Waals surface area contributed by atoms with Crippen LogP contribution in [0.1, 0.15) is 23.7 Å². The van der Waals surface area contributed by atoms with Gasteiger partial charge in [0, 0.05) is 30.1 Å². The zero-order chi connectivity index (χ0) is 20.8. The van der Waals surface area contributed by atoms with Crippen LogP contribution in [0.5, 0.6) is 5.75 Å². The summed E-state index contributed by atoms with van der Waals surface area (Å²) in [4.78, 5) is 10.8. The van der Waals surface area contributed by atoms with Crippen LogP contribution in [0.25, 0.3) is 11.0 Å². The first kappa shape index (κ1) is 19.4. The number of ether oxygens (including phenoxy) is 3. The summed E-state index contributed by atoms with van der Waals surface area (Å²) in [5.74, 6) is 0.413. The largest absolute Gasteiger partial charge is 0.487 e. The summed E-state index contributed by atoms with van der Waals surface area (Å²) in [6.07, 6.45) is 3.82. The van der Waals surface area contributed by atoms with Crippen LogP contribution < -0.4 is 4.74 Å². The Morgan fingerprint density at radius 3 is 2.87 bits per heavy atom. The molecule has 1 saturated carbocycles. The molecule has 0 amide bonds. The van der Waals surface area contributed by atoms with Crippen LogP contribution in [0.15, 0.2) is 36.8 Å². The standard InChI is InChI=1S/C22H25FN4O3/c1-13-16-6-7-27(22(16)25-11-24-13)17-9-19(21-20(17)28-12-29-21)30-18-5-4-15(23)8-14(18)10-26(2)3/h4-8,11,17,19-21H,9-10,12H2,1-3H3/t17-,19+,20+,21-/m1/s1. The van der Waals surface area contributed by atoms with Gasteiger partial charge < -0.3 is 23.7 Å². The zero-order valence-electron chi connectivity index (χ0n) is 17.3. The normalized spacial score (nSPS) is 25.9. The molecule has 1 aliphatic heterocycles. The molecule has 2 aromatic heterocycles. The Labute approximate surface area is 174 Å². The van der Waals surface area contributed by atoms with Crippen molar-refractivity contribution in [2.45, 2.75) is 44.2 Å². The van der Waals surface area contributed by atoms with Crippen LogP contribution in [0.3, 0.4) is 0 Å². The molecule has 0 N–H and O–H groups in total. The molecular formula is C22H25FN4O3. The van der Waals surface area contributed by atoms with Crippen molar-refractivity contribution in [2.75, 3.05) is 20.9 Å². The molecule has 1 aliphatic carbocycles. The van der Waals surface area contributed by atoms with E-state index in [1.807, 2.05) is 38.2 Å². The molecule has 0 unspecified atom stereocenters. The Kier molecular flexibility index (Phi) is 4.92. The average Bonchev–Trinajstić information content (AvgIpc) is 3.40. The summed E-state index contributed by atoms with van der Waals surface area (Å²) in [6.45, 7) is 2.81. The predicted molar refractivity (Wildman–Crippen MR) is 109 cm³/mol. The highest BCUT2D eigenvalue weighted by atomic mass is 19.1. The van der Waals surface area contributed by atoms with Gasteiger partial charge in [-0.1, -0.05) is 0 Å². The van der Waals surface area contributed by atoms with E-state index in [2.05, 4.69) is 14.5 Å². The second-order valence-corrected chi connectivity index (χ2v) is 8.25. The third kappa shape index (κ3) is 3.34. The Morgan fingerprint density at radius 1 is 1.20 bits per heavy atom. The lowest BCUT2D eigenvalue weighted by atomic mass is 10.1. The van der Waals surface area contributed by atoms with Gasteiger partial charge in [0.2, 0.25) is 0 Å². The van der Waals surface area contributed by atoms with Gasteiger partial charge >= 0.3 is 0 Å². The van der Waals surface area contributed by atoms with E-state index < -0.39 is 0 Å². The van der Waals surface area contributed by atoms with E-state index in [1.54, 1.807) is 12.4 Å². The fourth-order valence-electron chi connectivity index (χ4n) is 4.58. The fraction of sp³-hybridized carbons (Fsp3) is 0.455. The van der Waals surface area contributed by atoms with E-state index >= 15 is 0 Å². The highest BCUT2D eigenvalue weighted by Gasteiger charge is 2.51. The average molecular weight is 412 g/mol. The van der Waals surface area contributed by atoms with Crippen molar-refractivity contribution in [3.63, 3.8) is 0 Å². The maximum Gasteiger partial charge on any atom is 0.148 e. The van der Waals surface area contributed by atoms with Crippen molar-refractivity contribution in [2.24, 2.45) is 0 Å². The summed E-state index contributed by atoms with van der Waals surface area (Å²) in [7, 11) is 3.90. The number of fused-ring (bicyclic) bond motifs is 2. The number of rotatable bonds is 5. The van der Waals surface area contributed by atoms with E-state index in [-0.39, 0.29) is 37.0 Å². The van der Waals surface area contributed by atoms with Gasteiger partial charge in [0.05, 0.1) is 11.7 Å². The summed E-state index contributed by atoms with van der Waals surface area (Å²) < 4.78 is 34.2. The second kappa shape index (κ2) is 7.61. The molecule has 2 fully saturated rings. The van der Waals surface area contributed by atoms with Crippen molar-refractivity contribution in [1.82, 2.24) is 19.4 Å². The molecule has 0 spiro atoms. The topological polar surface area (TPSA) is 61.6 Å². The Bertz CT molecular complexity index is 1070. The highest BCUT2D eigenvalue weighted by molar-refractivity contribution is 5.78. The smallest absolute Gasteiger partial charge is 0.148 e. The molecule has 1 aromatic carbocycles. The second-order valence-electron chi connectivity index (χ2n) is 8.25. The molecule has 2 aliphatic rings. The number of aromatic nitrogens is 3. The van der Waals surface area contributed by atoms with Crippen molar-refractivity contribution in [3.05, 3.63) is 53.9 Å². The minimum absolute atomic E-state index is 0.0343. The minimum Gasteiger partial charge on any atom is -0.487 e. The Balaban J connectivity index is 1.45. The van der Waals surface area contributed by atoms with Crippen LogP contribution in [-0.2, 0) is 16.0 Å². The highest BCUT2D eigenvalue weighted by Crippen LogP contribution is 2.42. The van der Waals surface area contributed by atoms with Gasteiger partial charge in [-0.25, -0.2) is 14.4 Å². The maximum atomic E-state index is 13.8. The number of hydrogen-bond acceptors (Lipinski definition) is 6. The summed E-state index contributed by atoms with van der Waals surface area (Å²) in [6, 6.07) is 6.74. The quantitative estimate of drug-likeness (QED) is 0.642. The van der Waals surface area contributed by atoms with Crippen LogP contribution in [0.2, 0.25) is 0 Å². The molecule has 4 atom stereocenters. The first-order valence-corrected chi connectivity index (χ1v) is 10.1. The van der Waals surface area contributed by atoms with Gasteiger partial charge in [-0.3, -0.25) is 0 Å². The Hall–Kier alpha value is -2.55. The molecule has 1 saturated heterocycles. The van der Waals surface area contributed by atoms with Gasteiger partial charge in [-0.15, -0.1) is 0 Å². The molecule has 30 heavy (non-hydrogen) atoms. The lowest BCUT2D eigenvalue weighted by molar-refractivity contribution is -0.00800. The Morgan fingerprint density at radius 2 is 2.03 bits per heavy atom. The number of hydrogen-bond donors (Lipinski definition) is 0. The SMILES string of the molecule is Cc1ncnc2c1ccn2[C@@H]1C[C@H](Oc2ccc(F)cc2CN(C)C)[C@H]2OCO[C@H]21. The van der Waals surface area contributed by atoms with E-state index in [0.717, 1.165) is 22.3 Å². The van der Waals surface area contributed by atoms with E-state index in [1.165, 1.54) is 12.1 Å². The lowest BCUT2D eigenvalue weighted by Gasteiger charge is -2.22. The number of halogens is 1. The molecule has 0 bridgehead atoms. The van der Waals surface area contributed by atoms with Crippen LogP contribution >= 0.6 is 0 Å². The van der Waals surface area contributed by atoms with Gasteiger partial charge in [-0.2, -0.15) is 0 Å². The van der Waals surface area contributed by atoms with Gasteiger partial charge in [0.15, 0.2) is 0 Å². The first-order chi connectivity index (χ1) is 14.5. The van der Waals surface area contributed by atoms with Crippen molar-refractivity contribution in [1.29, 1.82) is 0 Å². The van der Waals surface area contributed by atoms with Crippen LogP contribution in [-0.4, -0.2) is 58.6 Å². The van der Waals surface area contributed by atoms with Crippen molar-refractivity contribution < 1.29 is 18.6 Å². The third-order valence-electron chi connectivity index (χ3n) is 5.92. The predicted octanol–water partition coefficient (Wildman–Crippen LogP) is 3.07. The maximum absolute atomic E-state index is 13.8. The van der Waals surface area contributed by atoms with Gasteiger partial charge in [0.25, 0.3) is 0 Å². The minimum atomic E-state index is -0.268. The lowest BCUT2D eigenvalue weighted by Crippen LogP contribution is -2.32. The summed E-state index contributed by atoms with van der Waals surface area (Å²) in [5, 5.41) is 1.03. The zero-order valence-corrected chi connectivity index (χ0v) is 17.3. The fourth-order valence-corrected chi connectivity index (χ4v) is 4.58. The summed E-state index contributed by atoms with van der Waals surface area (Å²) in [5.41, 5.74) is 2.65. The molecular weight excluding hydrogens is 387 g/mol. The molecule has 3 aromatic rings. The molecule has 0 radical (unpaired) electrons. The number of nitrogens with zero attached hydrogens (tertiary/aromatic N) is 4. The van der Waals surface area contributed by atoms with Crippen molar-refractivity contribution >= 4 is 11.0 Å². The molecule has 3 heterocycles. The van der Waals surface area contributed by atoms with Crippen LogP contribution in [0, 0.1) is 12.7 Å². The van der Waals surface area contributed by atoms with E-state index in [9.17, 15) is 4.39 Å². The van der Waals surface area contributed by atoms with Gasteiger partial charge in [-0.05, 0) is 45.3 Å². The molecule has 8 heteroatoms. The molecule has 158 valence electrons. The summed E-state index contributed by atoms with van der Waals surface area (Å²) >= 11 is 0. The van der Waals surface area contributed by atoms with Crippen molar-refractivity contribution in [3.8, 4) is 5.75 Å². The molecule has 5 rings (SSSR count). The monoisotopic (exact) mass is 412 g/mol. The number of benzene rings is 1. The number of aryl methyl sites for hydroxylation is 1. The van der Waals surface area contributed by atoms with Gasteiger partial charge in [0.1, 0.15) is 48.6 Å². The first-order valence-electron chi connectivity index (χ1n) is 10.1.